The summed E-state index contributed by atoms with van der Waals surface area (Å²) in [4.78, 5) is 11.9. The summed E-state index contributed by atoms with van der Waals surface area (Å²) < 4.78 is 5.19. The Kier molecular flexibility index (Phi) is 6.82. The van der Waals surface area contributed by atoms with Crippen molar-refractivity contribution in [1.82, 2.24) is 5.32 Å². The standard InChI is InChI=1S/C15H22ClNO3/c1-10(2)6-13(18)9-17-15(19)8-11-7-12(16)4-5-14(11)20-3/h4-5,7,10,13,18H,6,8-9H2,1-3H3,(H,17,19). The van der Waals surface area contributed by atoms with Crippen LogP contribution in [0.3, 0.4) is 0 Å². The fourth-order valence-corrected chi connectivity index (χ4v) is 2.17. The van der Waals surface area contributed by atoms with Gasteiger partial charge in [-0.2, -0.15) is 0 Å². The van der Waals surface area contributed by atoms with Crippen molar-refractivity contribution < 1.29 is 14.6 Å². The summed E-state index contributed by atoms with van der Waals surface area (Å²) in [5.41, 5.74) is 0.732. The van der Waals surface area contributed by atoms with Gasteiger partial charge < -0.3 is 15.2 Å². The van der Waals surface area contributed by atoms with E-state index >= 15 is 0 Å². The van der Waals surface area contributed by atoms with Crippen LogP contribution >= 0.6 is 11.6 Å². The van der Waals surface area contributed by atoms with Crippen LogP contribution in [0.15, 0.2) is 18.2 Å². The zero-order valence-corrected chi connectivity index (χ0v) is 12.9. The third kappa shape index (κ3) is 5.80. The van der Waals surface area contributed by atoms with E-state index in [0.29, 0.717) is 23.1 Å². The summed E-state index contributed by atoms with van der Waals surface area (Å²) in [6.07, 6.45) is 0.332. The van der Waals surface area contributed by atoms with E-state index in [0.717, 1.165) is 5.56 Å². The number of amides is 1. The molecule has 1 aromatic rings. The number of nitrogens with one attached hydrogen (secondary N) is 1. The molecule has 112 valence electrons. The van der Waals surface area contributed by atoms with Crippen molar-refractivity contribution in [2.45, 2.75) is 32.8 Å². The third-order valence-electron chi connectivity index (χ3n) is 2.87. The predicted molar refractivity (Wildman–Crippen MR) is 80.2 cm³/mol. The van der Waals surface area contributed by atoms with Crippen LogP contribution in [0.25, 0.3) is 0 Å². The number of carbonyl (C=O) groups is 1. The summed E-state index contributed by atoms with van der Waals surface area (Å²) in [6, 6.07) is 5.16. The molecule has 1 rings (SSSR count). The highest BCUT2D eigenvalue weighted by atomic mass is 35.5. The molecule has 0 heterocycles. The maximum absolute atomic E-state index is 11.9. The Morgan fingerprint density at radius 1 is 1.45 bits per heavy atom. The Morgan fingerprint density at radius 2 is 2.15 bits per heavy atom. The number of benzene rings is 1. The number of hydrogen-bond acceptors (Lipinski definition) is 3. The molecule has 0 radical (unpaired) electrons. The molecule has 0 aliphatic rings. The van der Waals surface area contributed by atoms with E-state index in [-0.39, 0.29) is 18.9 Å². The summed E-state index contributed by atoms with van der Waals surface area (Å²) in [5.74, 6) is 0.871. The molecule has 0 saturated carbocycles. The Balaban J connectivity index is 2.52. The Morgan fingerprint density at radius 3 is 2.75 bits per heavy atom. The second-order valence-electron chi connectivity index (χ2n) is 5.22. The maximum Gasteiger partial charge on any atom is 0.224 e. The number of aliphatic hydroxyl groups is 1. The largest absolute Gasteiger partial charge is 0.496 e. The zero-order valence-electron chi connectivity index (χ0n) is 12.1. The van der Waals surface area contributed by atoms with Crippen LogP contribution in [0.2, 0.25) is 5.02 Å². The van der Waals surface area contributed by atoms with Crippen LogP contribution in [0.5, 0.6) is 5.75 Å². The number of hydrogen-bond donors (Lipinski definition) is 2. The molecule has 0 aliphatic heterocycles. The van der Waals surface area contributed by atoms with Gasteiger partial charge in [0.05, 0.1) is 19.6 Å². The van der Waals surface area contributed by atoms with Crippen LogP contribution < -0.4 is 10.1 Å². The first-order chi connectivity index (χ1) is 9.42. The first-order valence-corrected chi connectivity index (χ1v) is 7.07. The molecule has 0 saturated heterocycles. The van der Waals surface area contributed by atoms with Gasteiger partial charge in [-0.3, -0.25) is 4.79 Å². The predicted octanol–water partition coefficient (Wildman–Crippen LogP) is 2.41. The van der Waals surface area contributed by atoms with Crippen molar-refractivity contribution in [1.29, 1.82) is 0 Å². The number of halogens is 1. The van der Waals surface area contributed by atoms with Crippen LogP contribution in [0.4, 0.5) is 0 Å². The smallest absolute Gasteiger partial charge is 0.224 e. The van der Waals surface area contributed by atoms with Crippen LogP contribution in [-0.4, -0.2) is 30.8 Å². The minimum atomic E-state index is -0.514. The monoisotopic (exact) mass is 299 g/mol. The molecule has 4 nitrogen and oxygen atoms in total. The molecular formula is C15H22ClNO3. The molecule has 0 fully saturated rings. The van der Waals surface area contributed by atoms with Gasteiger partial charge >= 0.3 is 0 Å². The summed E-state index contributed by atoms with van der Waals surface area (Å²) in [7, 11) is 1.55. The topological polar surface area (TPSA) is 58.6 Å². The summed E-state index contributed by atoms with van der Waals surface area (Å²) >= 11 is 5.91. The molecular weight excluding hydrogens is 278 g/mol. The average molecular weight is 300 g/mol. The molecule has 1 amide bonds. The molecule has 0 aromatic heterocycles. The molecule has 20 heavy (non-hydrogen) atoms. The van der Waals surface area contributed by atoms with Gasteiger partial charge in [-0.15, -0.1) is 0 Å². The first-order valence-electron chi connectivity index (χ1n) is 6.69. The van der Waals surface area contributed by atoms with Gasteiger partial charge in [-0.25, -0.2) is 0 Å². The highest BCUT2D eigenvalue weighted by Crippen LogP contribution is 2.22. The SMILES string of the molecule is COc1ccc(Cl)cc1CC(=O)NCC(O)CC(C)C. The fourth-order valence-electron chi connectivity index (χ4n) is 1.98. The van der Waals surface area contributed by atoms with Crippen LogP contribution in [0.1, 0.15) is 25.8 Å². The minimum Gasteiger partial charge on any atom is -0.496 e. The summed E-state index contributed by atoms with van der Waals surface area (Å²) in [5, 5.41) is 13.0. The number of methoxy groups -OCH3 is 1. The lowest BCUT2D eigenvalue weighted by molar-refractivity contribution is -0.121. The highest BCUT2D eigenvalue weighted by Gasteiger charge is 2.12. The second-order valence-corrected chi connectivity index (χ2v) is 5.66. The van der Waals surface area contributed by atoms with E-state index < -0.39 is 6.10 Å². The van der Waals surface area contributed by atoms with Crippen molar-refractivity contribution in [2.75, 3.05) is 13.7 Å². The van der Waals surface area contributed by atoms with E-state index in [9.17, 15) is 9.90 Å². The number of carbonyl (C=O) groups excluding carboxylic acids is 1. The number of rotatable bonds is 7. The maximum atomic E-state index is 11.9. The van der Waals surface area contributed by atoms with Crippen molar-refractivity contribution in [3.8, 4) is 5.75 Å². The first kappa shape index (κ1) is 16.8. The fraction of sp³-hybridized carbons (Fsp3) is 0.533. The van der Waals surface area contributed by atoms with Gasteiger partial charge in [0, 0.05) is 17.1 Å². The van der Waals surface area contributed by atoms with Gasteiger partial charge in [-0.05, 0) is 30.5 Å². The van der Waals surface area contributed by atoms with E-state index in [2.05, 4.69) is 5.32 Å². The minimum absolute atomic E-state index is 0.159. The Bertz CT molecular complexity index is 449. The van der Waals surface area contributed by atoms with Gasteiger partial charge in [-0.1, -0.05) is 25.4 Å². The van der Waals surface area contributed by atoms with Gasteiger partial charge in [0.2, 0.25) is 5.91 Å². The van der Waals surface area contributed by atoms with Crippen LogP contribution in [-0.2, 0) is 11.2 Å². The second kappa shape index (κ2) is 8.12. The third-order valence-corrected chi connectivity index (χ3v) is 3.11. The zero-order chi connectivity index (χ0) is 15.1. The van der Waals surface area contributed by atoms with E-state index in [4.69, 9.17) is 16.3 Å². The molecule has 1 atom stereocenters. The lowest BCUT2D eigenvalue weighted by Gasteiger charge is -2.14. The van der Waals surface area contributed by atoms with Crippen molar-refractivity contribution >= 4 is 17.5 Å². The average Bonchev–Trinajstić information content (AvgIpc) is 2.36. The lowest BCUT2D eigenvalue weighted by atomic mass is 10.1. The highest BCUT2D eigenvalue weighted by molar-refractivity contribution is 6.30. The molecule has 1 aromatic carbocycles. The molecule has 1 unspecified atom stereocenters. The van der Waals surface area contributed by atoms with E-state index in [1.165, 1.54) is 0 Å². The molecule has 0 spiro atoms. The Labute approximate surface area is 125 Å². The van der Waals surface area contributed by atoms with Crippen molar-refractivity contribution in [2.24, 2.45) is 5.92 Å². The number of ether oxygens (including phenoxy) is 1. The Hall–Kier alpha value is -1.26. The van der Waals surface area contributed by atoms with E-state index in [1.54, 1.807) is 25.3 Å². The molecule has 0 bridgehead atoms. The van der Waals surface area contributed by atoms with Crippen molar-refractivity contribution in [3.63, 3.8) is 0 Å². The van der Waals surface area contributed by atoms with E-state index in [1.807, 2.05) is 13.8 Å². The number of aliphatic hydroxyl groups excluding tert-OH is 1. The van der Waals surface area contributed by atoms with Gasteiger partial charge in [0.15, 0.2) is 0 Å². The van der Waals surface area contributed by atoms with Gasteiger partial charge in [0.1, 0.15) is 5.75 Å². The lowest BCUT2D eigenvalue weighted by Crippen LogP contribution is -2.33. The normalized spacial score (nSPS) is 12.3. The quantitative estimate of drug-likeness (QED) is 0.813. The summed E-state index contributed by atoms with van der Waals surface area (Å²) in [6.45, 7) is 4.32. The molecule has 2 N–H and O–H groups in total. The molecule has 5 heteroatoms. The molecule has 0 aliphatic carbocycles. The van der Waals surface area contributed by atoms with Gasteiger partial charge in [0.25, 0.3) is 0 Å². The van der Waals surface area contributed by atoms with Crippen molar-refractivity contribution in [3.05, 3.63) is 28.8 Å². The van der Waals surface area contributed by atoms with Crippen LogP contribution in [0, 0.1) is 5.92 Å².